The second kappa shape index (κ2) is 6.02. The molecule has 19 heavy (non-hydrogen) atoms. The van der Waals surface area contributed by atoms with E-state index in [1.54, 1.807) is 6.07 Å². The van der Waals surface area contributed by atoms with Gasteiger partial charge in [-0.25, -0.2) is 4.39 Å². The number of halogens is 1. The van der Waals surface area contributed by atoms with Crippen molar-refractivity contribution in [2.75, 3.05) is 13.1 Å². The molecule has 2 nitrogen and oxygen atoms in total. The molecule has 0 aliphatic carbocycles. The molecule has 4 atom stereocenters. The third-order valence-corrected chi connectivity index (χ3v) is 4.51. The van der Waals surface area contributed by atoms with Crippen molar-refractivity contribution in [1.29, 1.82) is 0 Å². The monoisotopic (exact) mass is 264 g/mol. The van der Waals surface area contributed by atoms with Crippen molar-refractivity contribution in [3.8, 4) is 0 Å². The quantitative estimate of drug-likeness (QED) is 0.905. The fraction of sp³-hybridized carbons (Fsp3) is 0.625. The Morgan fingerprint density at radius 1 is 1.26 bits per heavy atom. The van der Waals surface area contributed by atoms with Crippen molar-refractivity contribution >= 4 is 0 Å². The smallest absolute Gasteiger partial charge is 0.128 e. The highest BCUT2D eigenvalue weighted by molar-refractivity contribution is 5.23. The van der Waals surface area contributed by atoms with Crippen molar-refractivity contribution in [1.82, 2.24) is 4.90 Å². The predicted molar refractivity (Wildman–Crippen MR) is 77.3 cm³/mol. The summed E-state index contributed by atoms with van der Waals surface area (Å²) in [5.41, 5.74) is 7.03. The lowest BCUT2D eigenvalue weighted by Gasteiger charge is -2.33. The summed E-state index contributed by atoms with van der Waals surface area (Å²) < 4.78 is 14.1. The standard InChI is InChI=1S/C16H25FN2/c1-4-15(18)16(13-7-5-6-8-14(13)17)19-9-11(2)12(3)10-19/h5-8,11-12,15-16H,4,9-10,18H2,1-3H3. The Labute approximate surface area is 115 Å². The van der Waals surface area contributed by atoms with E-state index < -0.39 is 0 Å². The van der Waals surface area contributed by atoms with Crippen LogP contribution >= 0.6 is 0 Å². The summed E-state index contributed by atoms with van der Waals surface area (Å²) in [6, 6.07) is 7.03. The summed E-state index contributed by atoms with van der Waals surface area (Å²) in [7, 11) is 0. The first-order valence-corrected chi connectivity index (χ1v) is 7.28. The molecule has 0 aromatic heterocycles. The molecule has 2 N–H and O–H groups in total. The minimum absolute atomic E-state index is 0.00130. The van der Waals surface area contributed by atoms with Crippen LogP contribution in [0.5, 0.6) is 0 Å². The Morgan fingerprint density at radius 3 is 2.37 bits per heavy atom. The Bertz CT molecular complexity index is 411. The van der Waals surface area contributed by atoms with Gasteiger partial charge in [-0.15, -0.1) is 0 Å². The molecule has 2 rings (SSSR count). The molecular weight excluding hydrogens is 239 g/mol. The summed E-state index contributed by atoms with van der Waals surface area (Å²) in [5, 5.41) is 0. The predicted octanol–water partition coefficient (Wildman–Crippen LogP) is 3.19. The van der Waals surface area contributed by atoms with Gasteiger partial charge in [-0.2, -0.15) is 0 Å². The van der Waals surface area contributed by atoms with E-state index in [0.717, 1.165) is 25.1 Å². The number of nitrogens with two attached hydrogens (primary N) is 1. The number of nitrogens with zero attached hydrogens (tertiary/aromatic N) is 1. The highest BCUT2D eigenvalue weighted by atomic mass is 19.1. The molecule has 1 aromatic rings. The van der Waals surface area contributed by atoms with Crippen LogP contribution in [0.15, 0.2) is 24.3 Å². The molecule has 1 heterocycles. The number of likely N-dealkylation sites (tertiary alicyclic amines) is 1. The first-order chi connectivity index (χ1) is 9.04. The van der Waals surface area contributed by atoms with Crippen molar-refractivity contribution < 1.29 is 4.39 Å². The summed E-state index contributed by atoms with van der Waals surface area (Å²) in [6.45, 7) is 8.62. The zero-order valence-corrected chi connectivity index (χ0v) is 12.1. The summed E-state index contributed by atoms with van der Waals surface area (Å²) in [4.78, 5) is 2.36. The molecule has 0 amide bonds. The molecule has 0 saturated carbocycles. The Morgan fingerprint density at radius 2 is 1.84 bits per heavy atom. The molecule has 1 saturated heterocycles. The number of hydrogen-bond acceptors (Lipinski definition) is 2. The number of benzene rings is 1. The lowest BCUT2D eigenvalue weighted by atomic mass is 9.96. The SMILES string of the molecule is CCC(N)C(c1ccccc1F)N1CC(C)C(C)C1. The van der Waals surface area contributed by atoms with E-state index in [4.69, 9.17) is 5.73 Å². The molecule has 106 valence electrons. The minimum atomic E-state index is -0.136. The van der Waals surface area contributed by atoms with Gasteiger partial charge >= 0.3 is 0 Å². The topological polar surface area (TPSA) is 29.3 Å². The van der Waals surface area contributed by atoms with Gasteiger partial charge in [0.1, 0.15) is 5.82 Å². The second-order valence-corrected chi connectivity index (χ2v) is 5.95. The lowest BCUT2D eigenvalue weighted by Crippen LogP contribution is -2.40. The van der Waals surface area contributed by atoms with Gasteiger partial charge in [-0.3, -0.25) is 4.90 Å². The van der Waals surface area contributed by atoms with Gasteiger partial charge in [0.2, 0.25) is 0 Å². The summed E-state index contributed by atoms with van der Waals surface area (Å²) in [6.07, 6.45) is 0.859. The van der Waals surface area contributed by atoms with Gasteiger partial charge in [0.05, 0.1) is 6.04 Å². The fourth-order valence-corrected chi connectivity index (χ4v) is 3.04. The van der Waals surface area contributed by atoms with E-state index >= 15 is 0 Å². The van der Waals surface area contributed by atoms with E-state index in [-0.39, 0.29) is 17.9 Å². The van der Waals surface area contributed by atoms with Crippen LogP contribution in [0, 0.1) is 17.7 Å². The molecule has 0 spiro atoms. The Balaban J connectivity index is 2.30. The van der Waals surface area contributed by atoms with E-state index in [0.29, 0.717) is 11.8 Å². The van der Waals surface area contributed by atoms with Crippen LogP contribution < -0.4 is 5.73 Å². The van der Waals surface area contributed by atoms with E-state index in [1.165, 1.54) is 6.07 Å². The van der Waals surface area contributed by atoms with E-state index in [2.05, 4.69) is 25.7 Å². The average Bonchev–Trinajstić information content (AvgIpc) is 2.71. The molecule has 4 unspecified atom stereocenters. The molecule has 1 fully saturated rings. The molecular formula is C16H25FN2. The fourth-order valence-electron chi connectivity index (χ4n) is 3.04. The highest BCUT2D eigenvalue weighted by Gasteiger charge is 2.35. The van der Waals surface area contributed by atoms with E-state index in [9.17, 15) is 4.39 Å². The highest BCUT2D eigenvalue weighted by Crippen LogP contribution is 2.34. The molecule has 1 aliphatic rings. The minimum Gasteiger partial charge on any atom is -0.326 e. The van der Waals surface area contributed by atoms with Gasteiger partial charge in [-0.05, 0) is 24.3 Å². The van der Waals surface area contributed by atoms with Crippen molar-refractivity contribution in [2.24, 2.45) is 17.6 Å². The van der Waals surface area contributed by atoms with Crippen molar-refractivity contribution in [3.63, 3.8) is 0 Å². The van der Waals surface area contributed by atoms with Crippen LogP contribution in [0.1, 0.15) is 38.8 Å². The van der Waals surface area contributed by atoms with Crippen LogP contribution in [-0.2, 0) is 0 Å². The average molecular weight is 264 g/mol. The van der Waals surface area contributed by atoms with Crippen LogP contribution in [0.25, 0.3) is 0 Å². The summed E-state index contributed by atoms with van der Waals surface area (Å²) in [5.74, 6) is 1.17. The molecule has 1 aromatic carbocycles. The normalized spacial score (nSPS) is 27.4. The van der Waals surface area contributed by atoms with Gasteiger partial charge in [0.15, 0.2) is 0 Å². The lowest BCUT2D eigenvalue weighted by molar-refractivity contribution is 0.196. The summed E-state index contributed by atoms with van der Waals surface area (Å²) >= 11 is 0. The largest absolute Gasteiger partial charge is 0.326 e. The van der Waals surface area contributed by atoms with Crippen LogP contribution in [0.3, 0.4) is 0 Å². The first-order valence-electron chi connectivity index (χ1n) is 7.28. The Kier molecular flexibility index (Phi) is 4.58. The molecule has 3 heteroatoms. The number of rotatable bonds is 4. The third kappa shape index (κ3) is 2.98. The zero-order valence-electron chi connectivity index (χ0n) is 12.1. The second-order valence-electron chi connectivity index (χ2n) is 5.95. The van der Waals surface area contributed by atoms with Gasteiger partial charge < -0.3 is 5.73 Å². The maximum atomic E-state index is 14.1. The maximum Gasteiger partial charge on any atom is 0.128 e. The zero-order chi connectivity index (χ0) is 14.0. The van der Waals surface area contributed by atoms with E-state index in [1.807, 2.05) is 12.1 Å². The van der Waals surface area contributed by atoms with Crippen LogP contribution in [0.4, 0.5) is 4.39 Å². The molecule has 0 bridgehead atoms. The Hall–Kier alpha value is -0.930. The number of hydrogen-bond donors (Lipinski definition) is 1. The van der Waals surface area contributed by atoms with Crippen molar-refractivity contribution in [3.05, 3.63) is 35.6 Å². The van der Waals surface area contributed by atoms with Gasteiger partial charge in [0, 0.05) is 24.7 Å². The van der Waals surface area contributed by atoms with Crippen molar-refractivity contribution in [2.45, 2.75) is 39.3 Å². The molecule has 1 aliphatic heterocycles. The first kappa shape index (κ1) is 14.5. The third-order valence-electron chi connectivity index (χ3n) is 4.51. The maximum absolute atomic E-state index is 14.1. The van der Waals surface area contributed by atoms with Gasteiger partial charge in [-0.1, -0.05) is 39.0 Å². The van der Waals surface area contributed by atoms with Crippen LogP contribution in [-0.4, -0.2) is 24.0 Å². The molecule has 0 radical (unpaired) electrons. The van der Waals surface area contributed by atoms with Crippen LogP contribution in [0.2, 0.25) is 0 Å². The van der Waals surface area contributed by atoms with Gasteiger partial charge in [0.25, 0.3) is 0 Å².